The number of ether oxygens (including phenoxy) is 1. The van der Waals surface area contributed by atoms with Crippen LogP contribution in [0.4, 0.5) is 14.5 Å². The Labute approximate surface area is 253 Å². The highest BCUT2D eigenvalue weighted by Gasteiger charge is 2.25. The van der Waals surface area contributed by atoms with Gasteiger partial charge in [0, 0.05) is 35.4 Å². The van der Waals surface area contributed by atoms with Crippen LogP contribution in [0.25, 0.3) is 11.2 Å². The predicted octanol–water partition coefficient (Wildman–Crippen LogP) is 5.76. The van der Waals surface area contributed by atoms with Gasteiger partial charge in [0.25, 0.3) is 11.5 Å². The van der Waals surface area contributed by atoms with Gasteiger partial charge in [-0.3, -0.25) is 19.1 Å². The van der Waals surface area contributed by atoms with Crippen molar-refractivity contribution in [2.24, 2.45) is 4.99 Å². The zero-order valence-electron chi connectivity index (χ0n) is 23.8. The van der Waals surface area contributed by atoms with Gasteiger partial charge in [-0.1, -0.05) is 6.92 Å². The molecular formula is C31H26F2N6O4S. The molecule has 0 saturated heterocycles. The molecule has 1 aliphatic rings. The van der Waals surface area contributed by atoms with Crippen molar-refractivity contribution in [3.8, 4) is 17.2 Å². The molecule has 5 aromatic rings. The van der Waals surface area contributed by atoms with Crippen LogP contribution in [0.3, 0.4) is 0 Å². The number of halogens is 2. The van der Waals surface area contributed by atoms with E-state index in [2.05, 4.69) is 22.3 Å². The third-order valence-corrected chi connectivity index (χ3v) is 8.11. The van der Waals surface area contributed by atoms with Crippen LogP contribution in [0.1, 0.15) is 48.8 Å². The van der Waals surface area contributed by atoms with Gasteiger partial charge >= 0.3 is 5.69 Å². The van der Waals surface area contributed by atoms with Crippen LogP contribution < -0.4 is 21.3 Å². The molecule has 3 aromatic heterocycles. The fourth-order valence-electron chi connectivity index (χ4n) is 4.90. The molecule has 4 heterocycles. The van der Waals surface area contributed by atoms with Crippen LogP contribution in [0, 0.1) is 11.6 Å². The maximum Gasteiger partial charge on any atom is 0.335 e. The van der Waals surface area contributed by atoms with Crippen LogP contribution in [0.2, 0.25) is 0 Å². The topological polar surface area (TPSA) is 112 Å². The number of hydrogen-bond acceptors (Lipinski definition) is 7. The van der Waals surface area contributed by atoms with Crippen LogP contribution >= 0.6 is 11.8 Å². The summed E-state index contributed by atoms with van der Waals surface area (Å²) in [6.07, 6.45) is 4.65. The van der Waals surface area contributed by atoms with E-state index in [1.807, 2.05) is 17.8 Å². The molecular weight excluding hydrogens is 590 g/mol. The number of aromatic nitrogens is 4. The monoisotopic (exact) mass is 616 g/mol. The number of benzene rings is 2. The third-order valence-electron chi connectivity index (χ3n) is 7.18. The van der Waals surface area contributed by atoms with Crippen LogP contribution in [0.5, 0.6) is 11.5 Å². The lowest BCUT2D eigenvalue weighted by molar-refractivity contribution is 0.102. The second-order valence-electron chi connectivity index (χ2n) is 10.5. The van der Waals surface area contributed by atoms with E-state index in [9.17, 15) is 18.8 Å². The van der Waals surface area contributed by atoms with E-state index in [0.29, 0.717) is 11.3 Å². The van der Waals surface area contributed by atoms with Crippen LogP contribution in [0.15, 0.2) is 87.8 Å². The first kappa shape index (κ1) is 29.1. The Kier molecular flexibility index (Phi) is 7.64. The van der Waals surface area contributed by atoms with Gasteiger partial charge in [0.2, 0.25) is 0 Å². The molecule has 6 rings (SSSR count). The van der Waals surface area contributed by atoms with Crippen molar-refractivity contribution in [2.45, 2.75) is 38.1 Å². The van der Waals surface area contributed by atoms with E-state index in [-0.39, 0.29) is 34.0 Å². The molecule has 1 N–H and O–H groups in total. The van der Waals surface area contributed by atoms with Gasteiger partial charge in [-0.2, -0.15) is 5.10 Å². The fraction of sp³-hybridized carbons (Fsp3) is 0.194. The maximum atomic E-state index is 15.3. The summed E-state index contributed by atoms with van der Waals surface area (Å²) >= 11 is 1.62. The molecule has 10 nitrogen and oxygen atoms in total. The van der Waals surface area contributed by atoms with E-state index < -0.39 is 34.8 Å². The average molecular weight is 617 g/mol. The summed E-state index contributed by atoms with van der Waals surface area (Å²) in [6.45, 7) is 5.49. The molecule has 0 fully saturated rings. The number of rotatable bonds is 7. The molecule has 2 atom stereocenters. The van der Waals surface area contributed by atoms with E-state index in [0.717, 1.165) is 34.5 Å². The van der Waals surface area contributed by atoms with Gasteiger partial charge in [-0.25, -0.2) is 22.7 Å². The van der Waals surface area contributed by atoms with Gasteiger partial charge < -0.3 is 10.1 Å². The number of fused-ring (bicyclic) bond motifs is 1. The number of anilines is 1. The molecule has 0 saturated carbocycles. The first-order valence-corrected chi connectivity index (χ1v) is 14.6. The molecule has 0 bridgehead atoms. The minimum Gasteiger partial charge on any atom is -0.452 e. The number of carbonyl (C=O) groups is 1. The number of aliphatic imine (C=N–C) groups is 1. The number of amides is 1. The first-order chi connectivity index (χ1) is 21.1. The van der Waals surface area contributed by atoms with Crippen molar-refractivity contribution in [1.82, 2.24) is 18.7 Å². The Morgan fingerprint density at radius 1 is 1.02 bits per heavy atom. The van der Waals surface area contributed by atoms with Crippen molar-refractivity contribution >= 4 is 34.4 Å². The normalized spacial score (nSPS) is 16.1. The van der Waals surface area contributed by atoms with Crippen molar-refractivity contribution in [2.75, 3.05) is 5.32 Å². The highest BCUT2D eigenvalue weighted by atomic mass is 32.2. The van der Waals surface area contributed by atoms with Crippen LogP contribution in [-0.2, 0) is 0 Å². The minimum atomic E-state index is -0.902. The number of nitrogens with zero attached hydrogens (tertiary/aromatic N) is 5. The second kappa shape index (κ2) is 11.6. The number of pyridine rings is 1. The third kappa shape index (κ3) is 5.41. The summed E-state index contributed by atoms with van der Waals surface area (Å²) in [6, 6.07) is 11.7. The Hall–Kier alpha value is -5.04. The van der Waals surface area contributed by atoms with E-state index in [1.165, 1.54) is 28.8 Å². The fourth-order valence-corrected chi connectivity index (χ4v) is 5.67. The quantitative estimate of drug-likeness (QED) is 0.249. The molecule has 2 aromatic carbocycles. The second-order valence-corrected chi connectivity index (χ2v) is 11.7. The molecule has 1 amide bonds. The largest absolute Gasteiger partial charge is 0.452 e. The number of hydrogen-bond donors (Lipinski definition) is 1. The molecule has 0 spiro atoms. The summed E-state index contributed by atoms with van der Waals surface area (Å²) in [5.74, 6) is -1.87. The van der Waals surface area contributed by atoms with E-state index in [4.69, 9.17) is 4.74 Å². The average Bonchev–Trinajstić information content (AvgIpc) is 3.64. The summed E-state index contributed by atoms with van der Waals surface area (Å²) < 4.78 is 38.5. The standard InChI is InChI=1S/C31H26F2N6O4S/c1-17(2)37-15-23(30(41)39(31(37)42)22-7-4-20(32)5-8-22)29(40)36-21-6-9-26(24(33)13-21)43-27-12-19(28-18(3)44-16-34-28)14-38-25(27)10-11-35-38/h4-18,28H,1-3H3,(H,36,40). The van der Waals surface area contributed by atoms with Crippen molar-refractivity contribution in [3.63, 3.8) is 0 Å². The molecule has 0 aliphatic carbocycles. The predicted molar refractivity (Wildman–Crippen MR) is 165 cm³/mol. The zero-order chi connectivity index (χ0) is 31.1. The van der Waals surface area contributed by atoms with Gasteiger partial charge in [0.1, 0.15) is 16.9 Å². The van der Waals surface area contributed by atoms with E-state index in [1.54, 1.807) is 42.4 Å². The Bertz CT molecular complexity index is 2050. The van der Waals surface area contributed by atoms with Crippen molar-refractivity contribution < 1.29 is 18.3 Å². The van der Waals surface area contributed by atoms with Gasteiger partial charge in [0.05, 0.1) is 23.5 Å². The van der Waals surface area contributed by atoms with Gasteiger partial charge in [0.15, 0.2) is 17.3 Å². The zero-order valence-corrected chi connectivity index (χ0v) is 24.6. The van der Waals surface area contributed by atoms with Gasteiger partial charge in [-0.05, 0) is 67.9 Å². The number of nitrogens with one attached hydrogen (secondary N) is 1. The molecule has 0 radical (unpaired) electrons. The van der Waals surface area contributed by atoms with Crippen molar-refractivity contribution in [1.29, 1.82) is 0 Å². The minimum absolute atomic E-state index is 0.0595. The number of thioether (sulfide) groups is 1. The lowest BCUT2D eigenvalue weighted by Gasteiger charge is -2.16. The smallest absolute Gasteiger partial charge is 0.335 e. The lowest BCUT2D eigenvalue weighted by atomic mass is 10.1. The van der Waals surface area contributed by atoms with Gasteiger partial charge in [-0.15, -0.1) is 11.8 Å². The summed E-state index contributed by atoms with van der Waals surface area (Å²) in [5.41, 5.74) is 1.52. The molecule has 44 heavy (non-hydrogen) atoms. The Morgan fingerprint density at radius 3 is 2.48 bits per heavy atom. The maximum absolute atomic E-state index is 15.3. The first-order valence-electron chi connectivity index (χ1n) is 13.7. The summed E-state index contributed by atoms with van der Waals surface area (Å²) in [7, 11) is 0. The molecule has 1 aliphatic heterocycles. The SMILES string of the molecule is CC1SC=NC1c1cc(Oc2ccc(NC(=O)c3cn(C(C)C)c(=O)n(-c4ccc(F)cc4)c3=O)cc2F)c2ccnn2c1. The molecule has 2 unspecified atom stereocenters. The summed E-state index contributed by atoms with van der Waals surface area (Å²) in [4.78, 5) is 44.2. The Balaban J connectivity index is 1.29. The van der Waals surface area contributed by atoms with E-state index >= 15 is 4.39 Å². The highest BCUT2D eigenvalue weighted by Crippen LogP contribution is 2.38. The lowest BCUT2D eigenvalue weighted by Crippen LogP contribution is -2.42. The molecule has 224 valence electrons. The Morgan fingerprint density at radius 2 is 1.80 bits per heavy atom. The summed E-state index contributed by atoms with van der Waals surface area (Å²) in [5, 5.41) is 7.05. The highest BCUT2D eigenvalue weighted by molar-refractivity contribution is 8.12. The molecule has 13 heteroatoms. The number of carbonyl (C=O) groups excluding carboxylic acids is 1. The van der Waals surface area contributed by atoms with Crippen LogP contribution in [-0.4, -0.2) is 35.5 Å². The van der Waals surface area contributed by atoms with Crippen molar-refractivity contribution in [3.05, 3.63) is 117 Å².